The van der Waals surface area contributed by atoms with E-state index in [-0.39, 0.29) is 12.1 Å². The summed E-state index contributed by atoms with van der Waals surface area (Å²) in [5.74, 6) is -1.37. The molecule has 0 saturated heterocycles. The number of carbonyl (C=O) groups is 2. The molecule has 0 saturated carbocycles. The molecule has 1 amide bonds. The standard InChI is InChI=1S/C20H18N4O5/c1-13(20(21)26)29-18(25)11-15-12-23(16-5-3-2-4-6-16)22-19(15)14-7-9-17(10-8-14)24(27)28/h2-10,12-13H,11H2,1H3,(H2,21,26)/t13-/m0/s1. The van der Waals surface area contributed by atoms with E-state index in [9.17, 15) is 19.7 Å². The molecule has 0 fully saturated rings. The lowest BCUT2D eigenvalue weighted by atomic mass is 10.1. The molecule has 0 aliphatic rings. The van der Waals surface area contributed by atoms with E-state index in [2.05, 4.69) is 5.10 Å². The van der Waals surface area contributed by atoms with Crippen molar-refractivity contribution in [1.29, 1.82) is 0 Å². The number of ether oxygens (including phenoxy) is 1. The van der Waals surface area contributed by atoms with Gasteiger partial charge < -0.3 is 10.5 Å². The van der Waals surface area contributed by atoms with Crippen molar-refractivity contribution in [2.45, 2.75) is 19.4 Å². The summed E-state index contributed by atoms with van der Waals surface area (Å²) in [6.07, 6.45) is 0.494. The molecule has 2 aromatic carbocycles. The number of nitrogens with zero attached hydrogens (tertiary/aromatic N) is 3. The van der Waals surface area contributed by atoms with Gasteiger partial charge in [0.05, 0.1) is 22.7 Å². The minimum absolute atomic E-state index is 0.0486. The summed E-state index contributed by atoms with van der Waals surface area (Å²) >= 11 is 0. The number of hydrogen-bond acceptors (Lipinski definition) is 6. The predicted octanol–water partition coefficient (Wildman–Crippen LogP) is 2.41. The highest BCUT2D eigenvalue weighted by atomic mass is 16.6. The second-order valence-corrected chi connectivity index (χ2v) is 6.30. The monoisotopic (exact) mass is 394 g/mol. The Labute approximate surface area is 165 Å². The Bertz CT molecular complexity index is 1040. The van der Waals surface area contributed by atoms with Gasteiger partial charge in [-0.15, -0.1) is 0 Å². The van der Waals surface area contributed by atoms with Crippen LogP contribution in [0.4, 0.5) is 5.69 Å². The Morgan fingerprint density at radius 1 is 1.17 bits per heavy atom. The molecule has 0 radical (unpaired) electrons. The maximum absolute atomic E-state index is 12.2. The van der Waals surface area contributed by atoms with Crippen LogP contribution in [0.25, 0.3) is 16.9 Å². The number of primary amides is 1. The zero-order valence-electron chi connectivity index (χ0n) is 15.5. The van der Waals surface area contributed by atoms with Gasteiger partial charge in [0.15, 0.2) is 6.10 Å². The molecule has 1 aromatic heterocycles. The van der Waals surface area contributed by atoms with Gasteiger partial charge in [-0.25, -0.2) is 4.68 Å². The molecule has 0 aliphatic carbocycles. The molecule has 0 spiro atoms. The number of esters is 1. The highest BCUT2D eigenvalue weighted by Crippen LogP contribution is 2.26. The van der Waals surface area contributed by atoms with Gasteiger partial charge in [0.25, 0.3) is 11.6 Å². The molecule has 2 N–H and O–H groups in total. The summed E-state index contributed by atoms with van der Waals surface area (Å²) in [5, 5.41) is 15.4. The molecule has 1 heterocycles. The van der Waals surface area contributed by atoms with E-state index in [4.69, 9.17) is 10.5 Å². The quantitative estimate of drug-likeness (QED) is 0.372. The van der Waals surface area contributed by atoms with Crippen molar-refractivity contribution in [3.63, 3.8) is 0 Å². The Hall–Kier alpha value is -4.01. The van der Waals surface area contributed by atoms with Crippen LogP contribution in [-0.2, 0) is 20.7 Å². The number of non-ortho nitro benzene ring substituents is 1. The number of nitro groups is 1. The third kappa shape index (κ3) is 4.64. The Morgan fingerprint density at radius 3 is 2.41 bits per heavy atom. The number of rotatable bonds is 7. The zero-order valence-corrected chi connectivity index (χ0v) is 15.5. The van der Waals surface area contributed by atoms with Crippen LogP contribution in [-0.4, -0.2) is 32.7 Å². The average Bonchev–Trinajstić information content (AvgIpc) is 3.12. The van der Waals surface area contributed by atoms with Gasteiger partial charge >= 0.3 is 5.97 Å². The van der Waals surface area contributed by atoms with Crippen molar-refractivity contribution in [1.82, 2.24) is 9.78 Å². The van der Waals surface area contributed by atoms with Crippen LogP contribution in [0.1, 0.15) is 12.5 Å². The van der Waals surface area contributed by atoms with Gasteiger partial charge in [0.1, 0.15) is 0 Å². The van der Waals surface area contributed by atoms with E-state index < -0.39 is 22.9 Å². The fourth-order valence-electron chi connectivity index (χ4n) is 2.69. The second-order valence-electron chi connectivity index (χ2n) is 6.30. The third-order valence-electron chi connectivity index (χ3n) is 4.21. The van der Waals surface area contributed by atoms with Crippen molar-refractivity contribution in [3.05, 3.63) is 76.5 Å². The molecule has 148 valence electrons. The van der Waals surface area contributed by atoms with Crippen LogP contribution < -0.4 is 5.73 Å². The summed E-state index contributed by atoms with van der Waals surface area (Å²) < 4.78 is 6.64. The Balaban J connectivity index is 1.96. The lowest BCUT2D eigenvalue weighted by molar-refractivity contribution is -0.384. The van der Waals surface area contributed by atoms with Crippen LogP contribution in [0.2, 0.25) is 0 Å². The molecule has 0 aliphatic heterocycles. The fraction of sp³-hybridized carbons (Fsp3) is 0.150. The molecule has 29 heavy (non-hydrogen) atoms. The number of hydrogen-bond donors (Lipinski definition) is 1. The fourth-order valence-corrected chi connectivity index (χ4v) is 2.69. The van der Waals surface area contributed by atoms with Crippen molar-refractivity contribution in [3.8, 4) is 16.9 Å². The van der Waals surface area contributed by atoms with Crippen molar-refractivity contribution in [2.75, 3.05) is 0 Å². The topological polar surface area (TPSA) is 130 Å². The van der Waals surface area contributed by atoms with Crippen LogP contribution in [0.5, 0.6) is 0 Å². The van der Waals surface area contributed by atoms with E-state index >= 15 is 0 Å². The molecule has 0 bridgehead atoms. The number of carbonyl (C=O) groups excluding carboxylic acids is 2. The summed E-state index contributed by atoms with van der Waals surface area (Å²) in [7, 11) is 0. The molecule has 1 atom stereocenters. The van der Waals surface area contributed by atoms with Gasteiger partial charge in [0.2, 0.25) is 0 Å². The first-order valence-corrected chi connectivity index (χ1v) is 8.72. The number of aromatic nitrogens is 2. The van der Waals surface area contributed by atoms with E-state index in [1.54, 1.807) is 23.0 Å². The van der Waals surface area contributed by atoms with E-state index in [1.807, 2.05) is 30.3 Å². The molecule has 3 aromatic rings. The molecular formula is C20H18N4O5. The minimum atomic E-state index is -1.05. The second kappa shape index (κ2) is 8.34. The average molecular weight is 394 g/mol. The SMILES string of the molecule is C[C@H](OC(=O)Cc1cn(-c2ccccc2)nc1-c1ccc([N+](=O)[O-])cc1)C(N)=O. The number of para-hydroxylation sites is 1. The Morgan fingerprint density at radius 2 is 1.83 bits per heavy atom. The van der Waals surface area contributed by atoms with Crippen LogP contribution in [0.15, 0.2) is 60.8 Å². The lowest BCUT2D eigenvalue weighted by Crippen LogP contribution is -2.30. The first-order valence-electron chi connectivity index (χ1n) is 8.72. The largest absolute Gasteiger partial charge is 0.452 e. The number of amides is 1. The van der Waals surface area contributed by atoms with Gasteiger partial charge in [-0.1, -0.05) is 18.2 Å². The van der Waals surface area contributed by atoms with Crippen molar-refractivity contribution in [2.24, 2.45) is 5.73 Å². The highest BCUT2D eigenvalue weighted by Gasteiger charge is 2.20. The van der Waals surface area contributed by atoms with Crippen molar-refractivity contribution < 1.29 is 19.2 Å². The first kappa shape index (κ1) is 19.7. The summed E-state index contributed by atoms with van der Waals surface area (Å²) in [6, 6.07) is 15.1. The van der Waals surface area contributed by atoms with Crippen molar-refractivity contribution >= 4 is 17.6 Å². The number of nitrogens with two attached hydrogens (primary N) is 1. The van der Waals surface area contributed by atoms with Crippen LogP contribution in [0, 0.1) is 10.1 Å². The summed E-state index contributed by atoms with van der Waals surface area (Å²) in [5.41, 5.74) is 7.49. The third-order valence-corrected chi connectivity index (χ3v) is 4.21. The molecule has 9 heteroatoms. The Kier molecular flexibility index (Phi) is 5.68. The minimum Gasteiger partial charge on any atom is -0.452 e. The predicted molar refractivity (Wildman–Crippen MR) is 104 cm³/mol. The van der Waals surface area contributed by atoms with E-state index in [1.165, 1.54) is 19.1 Å². The summed E-state index contributed by atoms with van der Waals surface area (Å²) in [6.45, 7) is 1.39. The zero-order chi connectivity index (χ0) is 21.0. The first-order chi connectivity index (χ1) is 13.8. The molecular weight excluding hydrogens is 376 g/mol. The van der Waals surface area contributed by atoms with E-state index in [0.29, 0.717) is 16.8 Å². The van der Waals surface area contributed by atoms with Gasteiger partial charge in [0, 0.05) is 29.5 Å². The molecule has 9 nitrogen and oxygen atoms in total. The number of benzene rings is 2. The van der Waals surface area contributed by atoms with Crippen LogP contribution >= 0.6 is 0 Å². The van der Waals surface area contributed by atoms with E-state index in [0.717, 1.165) is 5.69 Å². The smallest absolute Gasteiger partial charge is 0.311 e. The normalized spacial score (nSPS) is 11.6. The molecule has 3 rings (SSSR count). The maximum Gasteiger partial charge on any atom is 0.311 e. The maximum atomic E-state index is 12.2. The molecule has 0 unspecified atom stereocenters. The van der Waals surface area contributed by atoms with Crippen LogP contribution in [0.3, 0.4) is 0 Å². The number of nitro benzene ring substituents is 1. The lowest BCUT2D eigenvalue weighted by Gasteiger charge is -2.09. The highest BCUT2D eigenvalue weighted by molar-refractivity contribution is 5.83. The van der Waals surface area contributed by atoms with Gasteiger partial charge in [-0.05, 0) is 31.2 Å². The summed E-state index contributed by atoms with van der Waals surface area (Å²) in [4.78, 5) is 33.8. The van der Waals surface area contributed by atoms with Gasteiger partial charge in [-0.3, -0.25) is 19.7 Å². The van der Waals surface area contributed by atoms with Gasteiger partial charge in [-0.2, -0.15) is 5.10 Å².